The Labute approximate surface area is 180 Å². The van der Waals surface area contributed by atoms with E-state index in [9.17, 15) is 4.79 Å². The van der Waals surface area contributed by atoms with E-state index < -0.39 is 0 Å². The monoisotopic (exact) mass is 418 g/mol. The first kappa shape index (κ1) is 20.3. The third-order valence-corrected chi connectivity index (χ3v) is 6.19. The van der Waals surface area contributed by atoms with Gasteiger partial charge in [-0.15, -0.1) is 11.3 Å². The van der Waals surface area contributed by atoms with E-state index in [4.69, 9.17) is 4.98 Å². The van der Waals surface area contributed by atoms with Crippen molar-refractivity contribution in [2.75, 3.05) is 5.32 Å². The lowest BCUT2D eigenvalue weighted by molar-refractivity contribution is -0.115. The highest BCUT2D eigenvalue weighted by molar-refractivity contribution is 7.13. The topological polar surface area (TPSA) is 59.3 Å². The molecule has 0 aliphatic carbocycles. The van der Waals surface area contributed by atoms with Crippen molar-refractivity contribution in [3.63, 3.8) is 0 Å². The van der Waals surface area contributed by atoms with Crippen molar-refractivity contribution >= 4 is 28.0 Å². The second kappa shape index (κ2) is 8.03. The maximum absolute atomic E-state index is 12.9. The Morgan fingerprint density at radius 2 is 1.90 bits per heavy atom. The van der Waals surface area contributed by atoms with Crippen molar-refractivity contribution in [3.8, 4) is 11.3 Å². The SMILES string of the molecule is Cc1ccc(-c2nc3c(C)cccn3c2CC(=O)Nc2nc(C(C)C)cs2)cc1C. The number of pyridine rings is 1. The third kappa shape index (κ3) is 3.87. The van der Waals surface area contributed by atoms with Gasteiger partial charge in [0.25, 0.3) is 0 Å². The number of aromatic nitrogens is 3. The Hall–Kier alpha value is -2.99. The first-order chi connectivity index (χ1) is 14.3. The number of nitrogens with zero attached hydrogens (tertiary/aromatic N) is 3. The summed E-state index contributed by atoms with van der Waals surface area (Å²) in [6.45, 7) is 10.4. The number of amides is 1. The number of hydrogen-bond donors (Lipinski definition) is 1. The summed E-state index contributed by atoms with van der Waals surface area (Å²) >= 11 is 1.46. The molecule has 0 fully saturated rings. The lowest BCUT2D eigenvalue weighted by Gasteiger charge is -2.08. The standard InChI is InChI=1S/C24H26N4OS/c1-14(2)19-13-30-24(25-19)26-21(29)12-20-22(18-9-8-15(3)17(5)11-18)27-23-16(4)7-6-10-28(20)23/h6-11,13-14H,12H2,1-5H3,(H,25,26,29). The molecule has 0 radical (unpaired) electrons. The summed E-state index contributed by atoms with van der Waals surface area (Å²) in [7, 11) is 0. The molecule has 0 spiro atoms. The molecule has 3 aromatic heterocycles. The maximum atomic E-state index is 12.9. The van der Waals surface area contributed by atoms with E-state index in [1.165, 1.54) is 22.5 Å². The summed E-state index contributed by atoms with van der Waals surface area (Å²) in [5.41, 5.74) is 8.17. The Kier molecular flexibility index (Phi) is 5.43. The maximum Gasteiger partial charge on any atom is 0.232 e. The van der Waals surface area contributed by atoms with E-state index >= 15 is 0 Å². The molecule has 1 N–H and O–H groups in total. The average Bonchev–Trinajstić information content (AvgIpc) is 3.30. The van der Waals surface area contributed by atoms with E-state index in [2.05, 4.69) is 56.2 Å². The Morgan fingerprint density at radius 1 is 1.10 bits per heavy atom. The van der Waals surface area contributed by atoms with Crippen LogP contribution in [0.2, 0.25) is 0 Å². The van der Waals surface area contributed by atoms with Crippen LogP contribution in [0.1, 0.15) is 47.8 Å². The van der Waals surface area contributed by atoms with Gasteiger partial charge in [-0.3, -0.25) is 4.79 Å². The van der Waals surface area contributed by atoms with Crippen molar-refractivity contribution < 1.29 is 4.79 Å². The molecule has 0 bridgehead atoms. The molecule has 154 valence electrons. The number of fused-ring (bicyclic) bond motifs is 1. The lowest BCUT2D eigenvalue weighted by atomic mass is 10.0. The summed E-state index contributed by atoms with van der Waals surface area (Å²) < 4.78 is 2.03. The van der Waals surface area contributed by atoms with Gasteiger partial charge in [-0.25, -0.2) is 9.97 Å². The molecule has 30 heavy (non-hydrogen) atoms. The average molecular weight is 419 g/mol. The van der Waals surface area contributed by atoms with Crippen molar-refractivity contribution in [1.82, 2.24) is 14.4 Å². The zero-order valence-electron chi connectivity index (χ0n) is 18.0. The van der Waals surface area contributed by atoms with Gasteiger partial charge in [0.15, 0.2) is 5.13 Å². The molecular formula is C24H26N4OS. The van der Waals surface area contributed by atoms with Crippen LogP contribution in [0, 0.1) is 20.8 Å². The highest BCUT2D eigenvalue weighted by atomic mass is 32.1. The fourth-order valence-corrected chi connectivity index (χ4v) is 4.35. The molecule has 0 aliphatic rings. The minimum absolute atomic E-state index is 0.0898. The molecule has 1 aromatic carbocycles. The number of thiazole rings is 1. The highest BCUT2D eigenvalue weighted by Crippen LogP contribution is 2.28. The van der Waals surface area contributed by atoms with Gasteiger partial charge in [-0.1, -0.05) is 32.0 Å². The Bertz CT molecular complexity index is 1240. The van der Waals surface area contributed by atoms with Crippen molar-refractivity contribution in [2.24, 2.45) is 0 Å². The molecule has 0 aliphatic heterocycles. The van der Waals surface area contributed by atoms with Crippen LogP contribution in [0.3, 0.4) is 0 Å². The zero-order chi connectivity index (χ0) is 21.4. The van der Waals surface area contributed by atoms with Crippen molar-refractivity contribution in [2.45, 2.75) is 47.0 Å². The summed E-state index contributed by atoms with van der Waals surface area (Å²) in [6.07, 6.45) is 2.20. The van der Waals surface area contributed by atoms with E-state index in [0.717, 1.165) is 33.9 Å². The molecular weight excluding hydrogens is 392 g/mol. The number of carbonyl (C=O) groups is 1. The second-order valence-electron chi connectivity index (χ2n) is 8.05. The van der Waals surface area contributed by atoms with E-state index in [1.807, 2.05) is 35.0 Å². The molecule has 0 unspecified atom stereocenters. The molecule has 5 nitrogen and oxygen atoms in total. The fraction of sp³-hybridized carbons (Fsp3) is 0.292. The van der Waals surface area contributed by atoms with Gasteiger partial charge < -0.3 is 9.72 Å². The first-order valence-corrected chi connectivity index (χ1v) is 11.0. The smallest absolute Gasteiger partial charge is 0.232 e. The van der Waals surface area contributed by atoms with Gasteiger partial charge in [-0.2, -0.15) is 0 Å². The first-order valence-electron chi connectivity index (χ1n) is 10.1. The lowest BCUT2D eigenvalue weighted by Crippen LogP contribution is -2.16. The van der Waals surface area contributed by atoms with E-state index in [0.29, 0.717) is 11.0 Å². The van der Waals surface area contributed by atoms with Crippen LogP contribution in [0.25, 0.3) is 16.9 Å². The number of hydrogen-bond acceptors (Lipinski definition) is 4. The fourth-order valence-electron chi connectivity index (χ4n) is 3.47. The molecule has 3 heterocycles. The van der Waals surface area contributed by atoms with Gasteiger partial charge in [0.05, 0.1) is 23.5 Å². The summed E-state index contributed by atoms with van der Waals surface area (Å²) in [4.78, 5) is 22.3. The molecule has 4 rings (SSSR count). The number of aryl methyl sites for hydroxylation is 3. The molecule has 6 heteroatoms. The quantitative estimate of drug-likeness (QED) is 0.453. The van der Waals surface area contributed by atoms with Crippen LogP contribution in [-0.4, -0.2) is 20.3 Å². The number of anilines is 1. The minimum atomic E-state index is -0.0898. The van der Waals surface area contributed by atoms with Gasteiger partial charge in [0.2, 0.25) is 5.91 Å². The highest BCUT2D eigenvalue weighted by Gasteiger charge is 2.19. The van der Waals surface area contributed by atoms with Crippen molar-refractivity contribution in [1.29, 1.82) is 0 Å². The van der Waals surface area contributed by atoms with E-state index in [-0.39, 0.29) is 12.3 Å². The number of rotatable bonds is 5. The Morgan fingerprint density at radius 3 is 2.60 bits per heavy atom. The van der Waals surface area contributed by atoms with Crippen LogP contribution in [0.15, 0.2) is 41.9 Å². The van der Waals surface area contributed by atoms with Gasteiger partial charge in [-0.05, 0) is 55.5 Å². The van der Waals surface area contributed by atoms with Gasteiger partial charge in [0.1, 0.15) is 5.65 Å². The number of imidazole rings is 1. The third-order valence-electron chi connectivity index (χ3n) is 5.41. The molecule has 4 aromatic rings. The Balaban J connectivity index is 1.72. The predicted octanol–water partition coefficient (Wildman–Crippen LogP) is 5.69. The van der Waals surface area contributed by atoms with Crippen molar-refractivity contribution in [3.05, 3.63) is 70.0 Å². The van der Waals surface area contributed by atoms with Crippen LogP contribution >= 0.6 is 11.3 Å². The van der Waals surface area contributed by atoms with Gasteiger partial charge in [0, 0.05) is 17.1 Å². The largest absolute Gasteiger partial charge is 0.303 e. The van der Waals surface area contributed by atoms with Crippen LogP contribution in [0.4, 0.5) is 5.13 Å². The van der Waals surface area contributed by atoms with E-state index in [1.54, 1.807) is 0 Å². The number of carbonyl (C=O) groups excluding carboxylic acids is 1. The summed E-state index contributed by atoms with van der Waals surface area (Å²) in [5, 5.41) is 5.60. The molecule has 0 saturated carbocycles. The predicted molar refractivity (Wildman–Crippen MR) is 123 cm³/mol. The molecule has 0 atom stereocenters. The van der Waals surface area contributed by atoms with Crippen LogP contribution in [0.5, 0.6) is 0 Å². The van der Waals surface area contributed by atoms with Crippen LogP contribution < -0.4 is 5.32 Å². The number of benzene rings is 1. The number of nitrogens with one attached hydrogen (secondary N) is 1. The minimum Gasteiger partial charge on any atom is -0.303 e. The summed E-state index contributed by atoms with van der Waals surface area (Å²) in [6, 6.07) is 10.4. The summed E-state index contributed by atoms with van der Waals surface area (Å²) in [5.74, 6) is 0.248. The second-order valence-corrected chi connectivity index (χ2v) is 8.91. The molecule has 0 saturated heterocycles. The zero-order valence-corrected chi connectivity index (χ0v) is 18.8. The molecule has 1 amide bonds. The van der Waals surface area contributed by atoms with Gasteiger partial charge >= 0.3 is 0 Å². The normalized spacial score (nSPS) is 11.4. The van der Waals surface area contributed by atoms with Crippen LogP contribution in [-0.2, 0) is 11.2 Å².